The highest BCUT2D eigenvalue weighted by Gasteiger charge is 2.18. The zero-order chi connectivity index (χ0) is 14.9. The number of nitrogens with zero attached hydrogens (tertiary/aromatic N) is 1. The van der Waals surface area contributed by atoms with Gasteiger partial charge < -0.3 is 15.0 Å². The summed E-state index contributed by atoms with van der Waals surface area (Å²) < 4.78 is 5.64. The van der Waals surface area contributed by atoms with E-state index in [1.165, 1.54) is 5.56 Å². The molecule has 2 rings (SSSR count). The van der Waals surface area contributed by atoms with Crippen LogP contribution < -0.4 is 10.1 Å². The average Bonchev–Trinajstić information content (AvgIpc) is 2.91. The van der Waals surface area contributed by atoms with E-state index in [1.54, 1.807) is 0 Å². The second-order valence-electron chi connectivity index (χ2n) is 5.51. The zero-order valence-electron chi connectivity index (χ0n) is 12.9. The van der Waals surface area contributed by atoms with E-state index in [2.05, 4.69) is 24.4 Å². The molecule has 4 nitrogen and oxygen atoms in total. The van der Waals surface area contributed by atoms with E-state index in [1.807, 2.05) is 17.0 Å². The molecular weight excluding hydrogens is 264 g/mol. The molecule has 1 aliphatic heterocycles. The number of hydrogen-bond acceptors (Lipinski definition) is 3. The van der Waals surface area contributed by atoms with Gasteiger partial charge in [0.2, 0.25) is 5.91 Å². The van der Waals surface area contributed by atoms with E-state index >= 15 is 0 Å². The minimum Gasteiger partial charge on any atom is -0.494 e. The lowest BCUT2D eigenvalue weighted by atomic mass is 10.2. The van der Waals surface area contributed by atoms with E-state index in [0.717, 1.165) is 64.2 Å². The van der Waals surface area contributed by atoms with Gasteiger partial charge in [-0.05, 0) is 30.5 Å². The number of hydrogen-bond donors (Lipinski definition) is 1. The molecule has 0 unspecified atom stereocenters. The third-order valence-electron chi connectivity index (χ3n) is 3.75. The molecule has 1 heterocycles. The summed E-state index contributed by atoms with van der Waals surface area (Å²) in [6, 6.07) is 8.23. The predicted molar refractivity (Wildman–Crippen MR) is 84.4 cm³/mol. The number of rotatable bonds is 9. The minimum atomic E-state index is 0.297. The summed E-state index contributed by atoms with van der Waals surface area (Å²) in [6.07, 6.45) is 3.98. The topological polar surface area (TPSA) is 41.6 Å². The first-order chi connectivity index (χ1) is 10.3. The molecule has 0 atom stereocenters. The third kappa shape index (κ3) is 5.38. The van der Waals surface area contributed by atoms with Crippen LogP contribution >= 0.6 is 0 Å². The van der Waals surface area contributed by atoms with Crippen molar-refractivity contribution in [3.63, 3.8) is 0 Å². The number of amides is 1. The minimum absolute atomic E-state index is 0.297. The van der Waals surface area contributed by atoms with Crippen molar-refractivity contribution in [2.75, 3.05) is 26.2 Å². The van der Waals surface area contributed by atoms with Crippen LogP contribution in [0.15, 0.2) is 24.3 Å². The monoisotopic (exact) mass is 290 g/mol. The van der Waals surface area contributed by atoms with Crippen molar-refractivity contribution in [1.82, 2.24) is 10.2 Å². The van der Waals surface area contributed by atoms with Gasteiger partial charge in [0, 0.05) is 32.6 Å². The lowest BCUT2D eigenvalue weighted by Crippen LogP contribution is -2.32. The molecular formula is C17H26N2O2. The number of benzene rings is 1. The van der Waals surface area contributed by atoms with Crippen molar-refractivity contribution in [2.24, 2.45) is 0 Å². The van der Waals surface area contributed by atoms with E-state index in [9.17, 15) is 4.79 Å². The van der Waals surface area contributed by atoms with Crippen molar-refractivity contribution < 1.29 is 9.53 Å². The third-order valence-corrected chi connectivity index (χ3v) is 3.75. The SMILES string of the molecule is CCCCOc1ccc(CNCCN2CCCC2=O)cc1. The van der Waals surface area contributed by atoms with Crippen LogP contribution in [0.5, 0.6) is 5.75 Å². The van der Waals surface area contributed by atoms with Gasteiger partial charge in [-0.1, -0.05) is 25.5 Å². The molecule has 0 saturated carbocycles. The highest BCUT2D eigenvalue weighted by atomic mass is 16.5. The highest BCUT2D eigenvalue weighted by molar-refractivity contribution is 5.78. The van der Waals surface area contributed by atoms with Crippen LogP contribution in [0, 0.1) is 0 Å². The van der Waals surface area contributed by atoms with Gasteiger partial charge in [-0.3, -0.25) is 4.79 Å². The van der Waals surface area contributed by atoms with Crippen molar-refractivity contribution in [2.45, 2.75) is 39.2 Å². The van der Waals surface area contributed by atoms with Crippen LogP contribution in [0.3, 0.4) is 0 Å². The average molecular weight is 290 g/mol. The molecule has 1 saturated heterocycles. The molecule has 1 aromatic rings. The second kappa shape index (κ2) is 8.67. The fourth-order valence-electron chi connectivity index (χ4n) is 2.43. The first kappa shape index (κ1) is 15.8. The Morgan fingerprint density at radius 3 is 2.76 bits per heavy atom. The maximum Gasteiger partial charge on any atom is 0.222 e. The number of carbonyl (C=O) groups excluding carboxylic acids is 1. The maximum absolute atomic E-state index is 11.5. The van der Waals surface area contributed by atoms with Crippen molar-refractivity contribution in [1.29, 1.82) is 0 Å². The Balaban J connectivity index is 1.63. The Hall–Kier alpha value is -1.55. The standard InChI is InChI=1S/C17H26N2O2/c1-2-3-13-21-16-8-6-15(7-9-16)14-18-10-12-19-11-4-5-17(19)20/h6-9,18H,2-5,10-14H2,1H3. The van der Waals surface area contributed by atoms with Crippen LogP contribution in [0.2, 0.25) is 0 Å². The molecule has 1 N–H and O–H groups in total. The molecule has 4 heteroatoms. The molecule has 1 aromatic carbocycles. The molecule has 0 aromatic heterocycles. The molecule has 1 aliphatic rings. The van der Waals surface area contributed by atoms with Crippen LogP contribution in [-0.4, -0.2) is 37.0 Å². The summed E-state index contributed by atoms with van der Waals surface area (Å²) in [5, 5.41) is 3.39. The first-order valence-electron chi connectivity index (χ1n) is 8.00. The Morgan fingerprint density at radius 1 is 1.29 bits per heavy atom. The maximum atomic E-state index is 11.5. The van der Waals surface area contributed by atoms with E-state index < -0.39 is 0 Å². The molecule has 1 fully saturated rings. The Morgan fingerprint density at radius 2 is 2.10 bits per heavy atom. The van der Waals surface area contributed by atoms with E-state index in [0.29, 0.717) is 5.91 Å². The van der Waals surface area contributed by atoms with Crippen molar-refractivity contribution in [3.05, 3.63) is 29.8 Å². The number of ether oxygens (including phenoxy) is 1. The summed E-state index contributed by atoms with van der Waals surface area (Å²) in [6.45, 7) is 6.37. The van der Waals surface area contributed by atoms with Crippen LogP contribution in [0.1, 0.15) is 38.2 Å². The number of unbranched alkanes of at least 4 members (excludes halogenated alkanes) is 1. The second-order valence-corrected chi connectivity index (χ2v) is 5.51. The molecule has 0 aliphatic carbocycles. The molecule has 116 valence electrons. The fraction of sp³-hybridized carbons (Fsp3) is 0.588. The highest BCUT2D eigenvalue weighted by Crippen LogP contribution is 2.12. The van der Waals surface area contributed by atoms with Gasteiger partial charge >= 0.3 is 0 Å². The summed E-state index contributed by atoms with van der Waals surface area (Å²) >= 11 is 0. The van der Waals surface area contributed by atoms with Gasteiger partial charge in [-0.25, -0.2) is 0 Å². The summed E-state index contributed by atoms with van der Waals surface area (Å²) in [5.41, 5.74) is 1.24. The largest absolute Gasteiger partial charge is 0.494 e. The number of carbonyl (C=O) groups is 1. The van der Waals surface area contributed by atoms with E-state index in [4.69, 9.17) is 4.74 Å². The van der Waals surface area contributed by atoms with Crippen molar-refractivity contribution >= 4 is 5.91 Å². The van der Waals surface area contributed by atoms with Crippen molar-refractivity contribution in [3.8, 4) is 5.75 Å². The Labute approximate surface area is 127 Å². The van der Waals surface area contributed by atoms with Crippen LogP contribution in [0.4, 0.5) is 0 Å². The fourth-order valence-corrected chi connectivity index (χ4v) is 2.43. The normalized spacial score (nSPS) is 14.7. The quantitative estimate of drug-likeness (QED) is 0.711. The van der Waals surface area contributed by atoms with Gasteiger partial charge in [0.15, 0.2) is 0 Å². The molecule has 1 amide bonds. The smallest absolute Gasteiger partial charge is 0.222 e. The molecule has 21 heavy (non-hydrogen) atoms. The van der Waals surface area contributed by atoms with Gasteiger partial charge in [0.1, 0.15) is 5.75 Å². The molecule has 0 spiro atoms. The lowest BCUT2D eigenvalue weighted by molar-refractivity contribution is -0.127. The summed E-state index contributed by atoms with van der Waals surface area (Å²) in [7, 11) is 0. The van der Waals surface area contributed by atoms with E-state index in [-0.39, 0.29) is 0 Å². The zero-order valence-corrected chi connectivity index (χ0v) is 12.9. The summed E-state index contributed by atoms with van der Waals surface area (Å²) in [5.74, 6) is 1.24. The number of likely N-dealkylation sites (tertiary alicyclic amines) is 1. The first-order valence-corrected chi connectivity index (χ1v) is 8.00. The Kier molecular flexibility index (Phi) is 6.54. The van der Waals surface area contributed by atoms with Crippen LogP contribution in [0.25, 0.3) is 0 Å². The Bertz CT molecular complexity index is 431. The number of nitrogens with one attached hydrogen (secondary N) is 1. The van der Waals surface area contributed by atoms with Crippen LogP contribution in [-0.2, 0) is 11.3 Å². The van der Waals surface area contributed by atoms with Gasteiger partial charge in [0.05, 0.1) is 6.61 Å². The summed E-state index contributed by atoms with van der Waals surface area (Å²) in [4.78, 5) is 13.4. The van der Waals surface area contributed by atoms with Gasteiger partial charge in [-0.15, -0.1) is 0 Å². The van der Waals surface area contributed by atoms with Gasteiger partial charge in [-0.2, -0.15) is 0 Å². The molecule has 0 radical (unpaired) electrons. The predicted octanol–water partition coefficient (Wildman–Crippen LogP) is 2.58. The molecule has 0 bridgehead atoms. The lowest BCUT2D eigenvalue weighted by Gasteiger charge is -2.15. The van der Waals surface area contributed by atoms with Gasteiger partial charge in [0.25, 0.3) is 0 Å².